The average Bonchev–Trinajstić information content (AvgIpc) is 2.71. The molecule has 0 radical (unpaired) electrons. The fourth-order valence-electron chi connectivity index (χ4n) is 2.79. The smallest absolute Gasteiger partial charge is 0.343 e. The maximum absolute atomic E-state index is 12.8. The summed E-state index contributed by atoms with van der Waals surface area (Å²) in [6, 6.07) is 15.9. The van der Waals surface area contributed by atoms with Crippen molar-refractivity contribution in [2.24, 2.45) is 0 Å². The van der Waals surface area contributed by atoms with Crippen molar-refractivity contribution in [1.29, 1.82) is 0 Å². The maximum atomic E-state index is 12.8. The van der Waals surface area contributed by atoms with E-state index in [0.717, 1.165) is 0 Å². The minimum Gasteiger partial charge on any atom is -0.463 e. The van der Waals surface area contributed by atoms with Gasteiger partial charge in [-0.2, -0.15) is 0 Å². The number of rotatable bonds is 3. The summed E-state index contributed by atoms with van der Waals surface area (Å²) in [5, 5.41) is 1.53. The van der Waals surface area contributed by atoms with Crippen LogP contribution >= 0.6 is 34.8 Å². The summed E-state index contributed by atoms with van der Waals surface area (Å²) in [7, 11) is 0. The largest absolute Gasteiger partial charge is 0.463 e. The Balaban J connectivity index is 1.65. The first kappa shape index (κ1) is 19.5. The highest BCUT2D eigenvalue weighted by Crippen LogP contribution is 2.26. The molecule has 29 heavy (non-hydrogen) atoms. The first-order valence-corrected chi connectivity index (χ1v) is 9.54. The molecular weight excluding hydrogens is 435 g/mol. The van der Waals surface area contributed by atoms with Gasteiger partial charge in [-0.1, -0.05) is 46.9 Å². The lowest BCUT2D eigenvalue weighted by molar-refractivity contribution is 0.0735. The van der Waals surface area contributed by atoms with Crippen molar-refractivity contribution >= 4 is 51.7 Å². The number of hydrogen-bond acceptors (Lipinski definition) is 4. The van der Waals surface area contributed by atoms with Crippen LogP contribution in [0.25, 0.3) is 22.1 Å². The van der Waals surface area contributed by atoms with Crippen LogP contribution in [0.2, 0.25) is 15.1 Å². The van der Waals surface area contributed by atoms with Crippen molar-refractivity contribution in [2.45, 2.75) is 0 Å². The molecule has 0 unspecified atom stereocenters. The van der Waals surface area contributed by atoms with E-state index in [2.05, 4.69) is 0 Å². The molecule has 0 aliphatic heterocycles. The van der Waals surface area contributed by atoms with Gasteiger partial charge >= 0.3 is 5.97 Å². The Morgan fingerprint density at radius 2 is 1.62 bits per heavy atom. The van der Waals surface area contributed by atoms with Gasteiger partial charge in [0.2, 0.25) is 0 Å². The Bertz CT molecular complexity index is 1290. The van der Waals surface area contributed by atoms with Crippen molar-refractivity contribution in [3.05, 3.63) is 97.8 Å². The molecule has 144 valence electrons. The molecular formula is C22H11Cl3O4. The van der Waals surface area contributed by atoms with E-state index in [1.807, 2.05) is 0 Å². The van der Waals surface area contributed by atoms with Crippen LogP contribution in [0.1, 0.15) is 10.4 Å². The van der Waals surface area contributed by atoms with Crippen LogP contribution in [0.3, 0.4) is 0 Å². The van der Waals surface area contributed by atoms with Gasteiger partial charge in [-0.05, 0) is 48.0 Å². The predicted octanol–water partition coefficient (Wildman–Crippen LogP) is 6.64. The van der Waals surface area contributed by atoms with Crippen LogP contribution < -0.4 is 10.2 Å². The zero-order valence-corrected chi connectivity index (χ0v) is 16.9. The van der Waals surface area contributed by atoms with E-state index in [-0.39, 0.29) is 21.8 Å². The molecule has 0 amide bonds. The highest BCUT2D eigenvalue weighted by molar-refractivity contribution is 6.42. The number of fused-ring (bicyclic) bond motifs is 1. The Labute approximate surface area is 180 Å². The summed E-state index contributed by atoms with van der Waals surface area (Å²) in [6.45, 7) is 0. The lowest BCUT2D eigenvalue weighted by Crippen LogP contribution is -2.09. The summed E-state index contributed by atoms with van der Waals surface area (Å²) >= 11 is 17.7. The summed E-state index contributed by atoms with van der Waals surface area (Å²) in [4.78, 5) is 25.1. The van der Waals surface area contributed by atoms with E-state index in [4.69, 9.17) is 44.0 Å². The van der Waals surface area contributed by atoms with E-state index < -0.39 is 5.97 Å². The Hall–Kier alpha value is -2.79. The summed E-state index contributed by atoms with van der Waals surface area (Å²) in [5.41, 5.74) is 1.46. The molecule has 0 bridgehead atoms. The monoisotopic (exact) mass is 444 g/mol. The Morgan fingerprint density at radius 3 is 2.34 bits per heavy atom. The quantitative estimate of drug-likeness (QED) is 0.262. The van der Waals surface area contributed by atoms with Gasteiger partial charge in [0.15, 0.2) is 5.43 Å². The molecule has 3 aromatic carbocycles. The van der Waals surface area contributed by atoms with E-state index in [1.165, 1.54) is 36.6 Å². The molecule has 4 aromatic rings. The average molecular weight is 446 g/mol. The summed E-state index contributed by atoms with van der Waals surface area (Å²) < 4.78 is 11.0. The van der Waals surface area contributed by atoms with E-state index in [1.54, 1.807) is 30.3 Å². The molecule has 0 saturated heterocycles. The number of hydrogen-bond donors (Lipinski definition) is 0. The first-order valence-electron chi connectivity index (χ1n) is 8.41. The minimum absolute atomic E-state index is 0.198. The van der Waals surface area contributed by atoms with Crippen LogP contribution in [-0.4, -0.2) is 5.97 Å². The van der Waals surface area contributed by atoms with Crippen LogP contribution in [-0.2, 0) is 0 Å². The highest BCUT2D eigenvalue weighted by Gasteiger charge is 2.14. The second-order valence-corrected chi connectivity index (χ2v) is 7.41. The van der Waals surface area contributed by atoms with Gasteiger partial charge in [0.1, 0.15) is 17.6 Å². The fourth-order valence-corrected chi connectivity index (χ4v) is 3.21. The van der Waals surface area contributed by atoms with Crippen molar-refractivity contribution in [3.63, 3.8) is 0 Å². The normalized spacial score (nSPS) is 10.9. The fraction of sp³-hybridized carbons (Fsp3) is 0. The van der Waals surface area contributed by atoms with Crippen molar-refractivity contribution < 1.29 is 13.9 Å². The Kier molecular flexibility index (Phi) is 5.33. The third-order valence-electron chi connectivity index (χ3n) is 4.27. The molecule has 0 fully saturated rings. The Morgan fingerprint density at radius 1 is 0.862 bits per heavy atom. The number of esters is 1. The third kappa shape index (κ3) is 4.01. The van der Waals surface area contributed by atoms with E-state index in [0.29, 0.717) is 32.1 Å². The highest BCUT2D eigenvalue weighted by atomic mass is 35.5. The standard InChI is InChI=1S/C22H11Cl3O4/c23-14-4-1-12(2-5-14)17-11-28-20-10-15(6-7-16(20)21(17)26)29-22(27)13-3-8-18(24)19(25)9-13/h1-11H. The molecule has 0 aliphatic rings. The van der Waals surface area contributed by atoms with Crippen molar-refractivity contribution in [2.75, 3.05) is 0 Å². The van der Waals surface area contributed by atoms with Crippen molar-refractivity contribution in [3.8, 4) is 16.9 Å². The van der Waals surface area contributed by atoms with Crippen LogP contribution in [0.5, 0.6) is 5.75 Å². The number of carbonyl (C=O) groups is 1. The number of carbonyl (C=O) groups excluding carboxylic acids is 1. The van der Waals surface area contributed by atoms with Gasteiger partial charge in [0.05, 0.1) is 26.6 Å². The van der Waals surface area contributed by atoms with Crippen LogP contribution in [0.15, 0.2) is 76.1 Å². The molecule has 0 atom stereocenters. The van der Waals surface area contributed by atoms with Crippen molar-refractivity contribution in [1.82, 2.24) is 0 Å². The van der Waals surface area contributed by atoms with Crippen LogP contribution in [0, 0.1) is 0 Å². The molecule has 7 heteroatoms. The zero-order valence-electron chi connectivity index (χ0n) is 14.6. The first-order chi connectivity index (χ1) is 13.9. The second kappa shape index (κ2) is 7.91. The predicted molar refractivity (Wildman–Crippen MR) is 114 cm³/mol. The molecule has 0 spiro atoms. The molecule has 0 saturated carbocycles. The lowest BCUT2D eigenvalue weighted by Gasteiger charge is -2.07. The van der Waals surface area contributed by atoms with Gasteiger partial charge in [0, 0.05) is 11.1 Å². The molecule has 1 heterocycles. The van der Waals surface area contributed by atoms with E-state index in [9.17, 15) is 9.59 Å². The maximum Gasteiger partial charge on any atom is 0.343 e. The molecule has 4 nitrogen and oxygen atoms in total. The summed E-state index contributed by atoms with van der Waals surface area (Å²) in [5.74, 6) is -0.376. The lowest BCUT2D eigenvalue weighted by atomic mass is 10.1. The minimum atomic E-state index is -0.608. The summed E-state index contributed by atoms with van der Waals surface area (Å²) in [6.07, 6.45) is 1.37. The second-order valence-electron chi connectivity index (χ2n) is 6.16. The molecule has 0 N–H and O–H groups in total. The number of benzene rings is 3. The molecule has 1 aromatic heterocycles. The van der Waals surface area contributed by atoms with E-state index >= 15 is 0 Å². The SMILES string of the molecule is O=C(Oc1ccc2c(=O)c(-c3ccc(Cl)cc3)coc2c1)c1ccc(Cl)c(Cl)c1. The van der Waals surface area contributed by atoms with Gasteiger partial charge in [-0.25, -0.2) is 4.79 Å². The number of halogens is 3. The van der Waals surface area contributed by atoms with Gasteiger partial charge in [-0.15, -0.1) is 0 Å². The topological polar surface area (TPSA) is 56.5 Å². The van der Waals surface area contributed by atoms with Crippen LogP contribution in [0.4, 0.5) is 0 Å². The molecule has 0 aliphatic carbocycles. The van der Waals surface area contributed by atoms with Gasteiger partial charge in [-0.3, -0.25) is 4.79 Å². The zero-order chi connectivity index (χ0) is 20.5. The van der Waals surface area contributed by atoms with Gasteiger partial charge < -0.3 is 9.15 Å². The number of ether oxygens (including phenoxy) is 1. The van der Waals surface area contributed by atoms with Gasteiger partial charge in [0.25, 0.3) is 0 Å². The third-order valence-corrected chi connectivity index (χ3v) is 5.26. The molecule has 4 rings (SSSR count).